The average Bonchev–Trinajstić information content (AvgIpc) is 2.61. The molecule has 0 spiro atoms. The van der Waals surface area contributed by atoms with E-state index in [1.165, 1.54) is 0 Å². The molecule has 84 valence electrons. The molecule has 1 rings (SSSR count). The second-order valence-electron chi connectivity index (χ2n) is 3.16. The Balaban J connectivity index is 2.13. The second-order valence-corrected chi connectivity index (χ2v) is 3.16. The fourth-order valence-corrected chi connectivity index (χ4v) is 1.08. The Kier molecular flexibility index (Phi) is 4.76. The number of amides is 1. The van der Waals surface area contributed by atoms with Crippen LogP contribution >= 0.6 is 0 Å². The van der Waals surface area contributed by atoms with E-state index in [4.69, 9.17) is 9.63 Å². The van der Waals surface area contributed by atoms with Gasteiger partial charge >= 0.3 is 0 Å². The van der Waals surface area contributed by atoms with Crippen LogP contribution in [0.4, 0.5) is 0 Å². The van der Waals surface area contributed by atoms with E-state index in [2.05, 4.69) is 15.5 Å². The fraction of sp³-hybridized carbons (Fsp3) is 0.667. The van der Waals surface area contributed by atoms with Crippen molar-refractivity contribution in [3.8, 4) is 0 Å². The SMILES string of the molecule is Cc1noc(CCNC(=O)CCCO)n1. The van der Waals surface area contributed by atoms with Gasteiger partial charge in [-0.15, -0.1) is 0 Å². The zero-order chi connectivity index (χ0) is 11.1. The third-order valence-corrected chi connectivity index (χ3v) is 1.79. The number of aliphatic hydroxyl groups excluding tert-OH is 1. The Morgan fingerprint density at radius 3 is 3.00 bits per heavy atom. The Hall–Kier alpha value is -1.43. The third kappa shape index (κ3) is 4.55. The van der Waals surface area contributed by atoms with Crippen molar-refractivity contribution in [2.45, 2.75) is 26.2 Å². The number of hydrogen-bond acceptors (Lipinski definition) is 5. The first-order valence-corrected chi connectivity index (χ1v) is 4.89. The van der Waals surface area contributed by atoms with Gasteiger partial charge in [-0.05, 0) is 13.3 Å². The van der Waals surface area contributed by atoms with Crippen LogP contribution in [0.1, 0.15) is 24.6 Å². The van der Waals surface area contributed by atoms with Crippen molar-refractivity contribution >= 4 is 5.91 Å². The van der Waals surface area contributed by atoms with Crippen molar-refractivity contribution in [1.82, 2.24) is 15.5 Å². The molecule has 6 heteroatoms. The maximum Gasteiger partial charge on any atom is 0.228 e. The molecular formula is C9H15N3O3. The molecule has 1 aromatic heterocycles. The number of hydrogen-bond donors (Lipinski definition) is 2. The number of nitrogens with zero attached hydrogens (tertiary/aromatic N) is 2. The lowest BCUT2D eigenvalue weighted by molar-refractivity contribution is -0.121. The first-order valence-electron chi connectivity index (χ1n) is 4.89. The zero-order valence-corrected chi connectivity index (χ0v) is 8.69. The summed E-state index contributed by atoms with van der Waals surface area (Å²) in [5.41, 5.74) is 0. The van der Waals surface area contributed by atoms with E-state index >= 15 is 0 Å². The van der Waals surface area contributed by atoms with Crippen LogP contribution in [0.25, 0.3) is 0 Å². The standard InChI is InChI=1S/C9H15N3O3/c1-7-11-9(15-12-7)4-5-10-8(14)3-2-6-13/h13H,2-6H2,1H3,(H,10,14). The van der Waals surface area contributed by atoms with Crippen LogP contribution in [0, 0.1) is 6.92 Å². The Bertz CT molecular complexity index is 311. The molecule has 6 nitrogen and oxygen atoms in total. The lowest BCUT2D eigenvalue weighted by Gasteiger charge is -2.01. The monoisotopic (exact) mass is 213 g/mol. The summed E-state index contributed by atoms with van der Waals surface area (Å²) in [5, 5.41) is 14.8. The van der Waals surface area contributed by atoms with Gasteiger partial charge in [0.2, 0.25) is 11.8 Å². The van der Waals surface area contributed by atoms with Gasteiger partial charge in [-0.1, -0.05) is 5.16 Å². The van der Waals surface area contributed by atoms with E-state index in [9.17, 15) is 4.79 Å². The van der Waals surface area contributed by atoms with Crippen molar-refractivity contribution in [2.75, 3.05) is 13.2 Å². The van der Waals surface area contributed by atoms with Crippen LogP contribution < -0.4 is 5.32 Å². The van der Waals surface area contributed by atoms with Gasteiger partial charge in [-0.2, -0.15) is 4.98 Å². The van der Waals surface area contributed by atoms with E-state index in [0.717, 1.165) is 0 Å². The summed E-state index contributed by atoms with van der Waals surface area (Å²) in [6, 6.07) is 0. The minimum absolute atomic E-state index is 0.0380. The molecule has 0 aromatic carbocycles. The molecule has 0 bridgehead atoms. The summed E-state index contributed by atoms with van der Waals surface area (Å²) in [5.74, 6) is 1.05. The van der Waals surface area contributed by atoms with Crippen LogP contribution in [0.15, 0.2) is 4.52 Å². The number of rotatable bonds is 6. The van der Waals surface area contributed by atoms with Crippen LogP contribution in [0.3, 0.4) is 0 Å². The predicted molar refractivity (Wildman–Crippen MR) is 52.1 cm³/mol. The predicted octanol–water partition coefficient (Wildman–Crippen LogP) is -0.191. The average molecular weight is 213 g/mol. The molecule has 0 unspecified atom stereocenters. The minimum Gasteiger partial charge on any atom is -0.396 e. The van der Waals surface area contributed by atoms with Gasteiger partial charge < -0.3 is 14.9 Å². The maximum absolute atomic E-state index is 11.1. The van der Waals surface area contributed by atoms with Crippen LogP contribution in [0.2, 0.25) is 0 Å². The number of nitrogens with one attached hydrogen (secondary N) is 1. The van der Waals surface area contributed by atoms with Gasteiger partial charge in [0.15, 0.2) is 5.82 Å². The molecule has 1 aromatic rings. The normalized spacial score (nSPS) is 10.3. The van der Waals surface area contributed by atoms with Gasteiger partial charge in [0.05, 0.1) is 0 Å². The summed E-state index contributed by atoms with van der Waals surface area (Å²) in [6.45, 7) is 2.26. The van der Waals surface area contributed by atoms with E-state index in [1.54, 1.807) is 6.92 Å². The summed E-state index contributed by atoms with van der Waals surface area (Å²) < 4.78 is 4.87. The molecule has 0 atom stereocenters. The number of aryl methyl sites for hydroxylation is 1. The first kappa shape index (κ1) is 11.6. The molecule has 2 N–H and O–H groups in total. The van der Waals surface area contributed by atoms with Crippen molar-refractivity contribution in [3.05, 3.63) is 11.7 Å². The topological polar surface area (TPSA) is 88.2 Å². The summed E-state index contributed by atoms with van der Waals surface area (Å²) in [7, 11) is 0. The number of carbonyl (C=O) groups is 1. The van der Waals surface area contributed by atoms with Crippen LogP contribution in [0.5, 0.6) is 0 Å². The highest BCUT2D eigenvalue weighted by atomic mass is 16.5. The smallest absolute Gasteiger partial charge is 0.228 e. The van der Waals surface area contributed by atoms with Gasteiger partial charge in [-0.3, -0.25) is 4.79 Å². The van der Waals surface area contributed by atoms with Gasteiger partial charge in [0.1, 0.15) is 0 Å². The Morgan fingerprint density at radius 2 is 2.40 bits per heavy atom. The molecule has 1 heterocycles. The van der Waals surface area contributed by atoms with E-state index in [-0.39, 0.29) is 12.5 Å². The van der Waals surface area contributed by atoms with Crippen LogP contribution in [-0.2, 0) is 11.2 Å². The summed E-state index contributed by atoms with van der Waals surface area (Å²) in [4.78, 5) is 15.1. The molecule has 0 aliphatic carbocycles. The highest BCUT2D eigenvalue weighted by Gasteiger charge is 2.04. The highest BCUT2D eigenvalue weighted by Crippen LogP contribution is 1.95. The largest absolute Gasteiger partial charge is 0.396 e. The molecule has 0 aliphatic rings. The lowest BCUT2D eigenvalue weighted by Crippen LogP contribution is -2.25. The van der Waals surface area contributed by atoms with Gasteiger partial charge in [-0.25, -0.2) is 0 Å². The minimum atomic E-state index is -0.0692. The highest BCUT2D eigenvalue weighted by molar-refractivity contribution is 5.75. The van der Waals surface area contributed by atoms with Gasteiger partial charge in [0, 0.05) is 26.0 Å². The van der Waals surface area contributed by atoms with Crippen molar-refractivity contribution in [3.63, 3.8) is 0 Å². The molecule has 0 radical (unpaired) electrons. The fourth-order valence-electron chi connectivity index (χ4n) is 1.08. The summed E-state index contributed by atoms with van der Waals surface area (Å²) >= 11 is 0. The quantitative estimate of drug-likeness (QED) is 0.683. The number of aromatic nitrogens is 2. The number of aliphatic hydroxyl groups is 1. The molecule has 0 saturated carbocycles. The van der Waals surface area contributed by atoms with Crippen molar-refractivity contribution in [1.29, 1.82) is 0 Å². The zero-order valence-electron chi connectivity index (χ0n) is 8.69. The third-order valence-electron chi connectivity index (χ3n) is 1.79. The summed E-state index contributed by atoms with van der Waals surface area (Å²) in [6.07, 6.45) is 1.37. The van der Waals surface area contributed by atoms with Crippen molar-refractivity contribution < 1.29 is 14.4 Å². The van der Waals surface area contributed by atoms with Gasteiger partial charge in [0.25, 0.3) is 0 Å². The molecule has 0 saturated heterocycles. The van der Waals surface area contributed by atoms with Crippen molar-refractivity contribution in [2.24, 2.45) is 0 Å². The van der Waals surface area contributed by atoms with E-state index in [1.807, 2.05) is 0 Å². The lowest BCUT2D eigenvalue weighted by atomic mass is 10.3. The first-order chi connectivity index (χ1) is 7.22. The Morgan fingerprint density at radius 1 is 1.60 bits per heavy atom. The molecule has 0 aliphatic heterocycles. The second kappa shape index (κ2) is 6.13. The maximum atomic E-state index is 11.1. The van der Waals surface area contributed by atoms with Crippen LogP contribution in [-0.4, -0.2) is 34.3 Å². The van der Waals surface area contributed by atoms with E-state index < -0.39 is 0 Å². The molecule has 0 fully saturated rings. The molecule has 1 amide bonds. The Labute approximate surface area is 87.7 Å². The molecule has 15 heavy (non-hydrogen) atoms. The van der Waals surface area contributed by atoms with E-state index in [0.29, 0.717) is 37.5 Å². The number of carbonyl (C=O) groups excluding carboxylic acids is 1. The molecular weight excluding hydrogens is 198 g/mol.